The van der Waals surface area contributed by atoms with E-state index in [2.05, 4.69) is 50.1 Å². The van der Waals surface area contributed by atoms with Gasteiger partial charge < -0.3 is 19.9 Å². The molecule has 0 spiro atoms. The minimum atomic E-state index is -0.832. The fourth-order valence-electron chi connectivity index (χ4n) is 2.52. The number of aliphatic hydroxyl groups excluding tert-OH is 1. The number of benzene rings is 1. The van der Waals surface area contributed by atoms with Crippen LogP contribution in [0.25, 0.3) is 0 Å². The summed E-state index contributed by atoms with van der Waals surface area (Å²) in [6.07, 6.45) is 0.872. The van der Waals surface area contributed by atoms with Crippen molar-refractivity contribution < 1.29 is 19.4 Å². The molecule has 5 nitrogen and oxygen atoms in total. The Morgan fingerprint density at radius 3 is 2.52 bits per heavy atom. The van der Waals surface area contributed by atoms with Crippen molar-refractivity contribution in [3.05, 3.63) is 47.5 Å². The maximum Gasteiger partial charge on any atom is 0.407 e. The van der Waals surface area contributed by atoms with Gasteiger partial charge in [0, 0.05) is 11.6 Å². The normalized spacial score (nSPS) is 22.1. The first-order valence-electron chi connectivity index (χ1n) is 9.22. The van der Waals surface area contributed by atoms with E-state index in [9.17, 15) is 9.90 Å². The Bertz CT molecular complexity index is 719. The summed E-state index contributed by atoms with van der Waals surface area (Å²) in [4.78, 5) is 11.6. The van der Waals surface area contributed by atoms with Crippen molar-refractivity contribution in [2.75, 3.05) is 6.61 Å². The van der Waals surface area contributed by atoms with Crippen LogP contribution in [0.1, 0.15) is 45.7 Å². The van der Waals surface area contributed by atoms with Crippen LogP contribution >= 0.6 is 0 Å². The van der Waals surface area contributed by atoms with Gasteiger partial charge in [0.1, 0.15) is 24.9 Å². The Balaban J connectivity index is 1.95. The van der Waals surface area contributed by atoms with E-state index in [1.165, 1.54) is 5.56 Å². The number of rotatable bonds is 3. The van der Waals surface area contributed by atoms with Crippen LogP contribution in [0.15, 0.2) is 36.4 Å². The highest BCUT2D eigenvalue weighted by molar-refractivity contribution is 5.67. The molecule has 1 heterocycles. The highest BCUT2D eigenvalue weighted by Gasteiger charge is 2.26. The molecule has 1 aromatic rings. The summed E-state index contributed by atoms with van der Waals surface area (Å²) in [5, 5.41) is 12.6. The average Bonchev–Trinajstić information content (AvgIpc) is 2.59. The Morgan fingerprint density at radius 2 is 1.93 bits per heavy atom. The molecule has 3 atom stereocenters. The van der Waals surface area contributed by atoms with Crippen LogP contribution in [-0.2, 0) is 14.9 Å². The minimum Gasteiger partial charge on any atom is -0.447 e. The number of hydrogen-bond acceptors (Lipinski definition) is 4. The SMILES string of the molecule is CC(C)NC(=O)OC[C@H]1O[C@H](C#Cc2ccc(C(C)(C)C)cc2)C=C[C@H]1O. The van der Waals surface area contributed by atoms with Crippen LogP contribution < -0.4 is 5.32 Å². The van der Waals surface area contributed by atoms with Crippen LogP contribution in [0.4, 0.5) is 4.79 Å². The molecule has 0 unspecified atom stereocenters. The number of ether oxygens (including phenoxy) is 2. The molecule has 0 saturated carbocycles. The van der Waals surface area contributed by atoms with Gasteiger partial charge in [-0.25, -0.2) is 4.79 Å². The van der Waals surface area contributed by atoms with Gasteiger partial charge >= 0.3 is 6.09 Å². The zero-order valence-electron chi connectivity index (χ0n) is 16.7. The summed E-state index contributed by atoms with van der Waals surface area (Å²) in [6.45, 7) is 10.2. The first kappa shape index (κ1) is 21.0. The van der Waals surface area contributed by atoms with Gasteiger partial charge in [-0.05, 0) is 43.0 Å². The molecule has 1 aliphatic rings. The van der Waals surface area contributed by atoms with Gasteiger partial charge in [-0.3, -0.25) is 0 Å². The second-order valence-corrected chi connectivity index (χ2v) is 7.96. The number of carbonyl (C=O) groups is 1. The fourth-order valence-corrected chi connectivity index (χ4v) is 2.52. The Hall–Kier alpha value is -2.29. The number of hydrogen-bond donors (Lipinski definition) is 2. The molecular formula is C22H29NO4. The predicted molar refractivity (Wildman–Crippen MR) is 105 cm³/mol. The van der Waals surface area contributed by atoms with E-state index in [1.807, 2.05) is 26.0 Å². The lowest BCUT2D eigenvalue weighted by Crippen LogP contribution is -2.40. The van der Waals surface area contributed by atoms with Gasteiger partial charge in [-0.1, -0.05) is 50.8 Å². The lowest BCUT2D eigenvalue weighted by Gasteiger charge is -2.27. The molecule has 0 fully saturated rings. The molecule has 27 heavy (non-hydrogen) atoms. The smallest absolute Gasteiger partial charge is 0.407 e. The zero-order chi connectivity index (χ0) is 20.0. The lowest BCUT2D eigenvalue weighted by molar-refractivity contribution is -0.0655. The van der Waals surface area contributed by atoms with Gasteiger partial charge in [0.2, 0.25) is 0 Å². The van der Waals surface area contributed by atoms with Gasteiger partial charge in [-0.15, -0.1) is 0 Å². The predicted octanol–water partition coefficient (Wildman–Crippen LogP) is 3.15. The van der Waals surface area contributed by atoms with Gasteiger partial charge in [0.25, 0.3) is 0 Å². The summed E-state index contributed by atoms with van der Waals surface area (Å²) < 4.78 is 10.8. The molecule has 2 N–H and O–H groups in total. The van der Waals surface area contributed by atoms with E-state index in [1.54, 1.807) is 12.2 Å². The molecule has 0 bridgehead atoms. The second-order valence-electron chi connectivity index (χ2n) is 7.96. The quantitative estimate of drug-likeness (QED) is 0.633. The first-order valence-corrected chi connectivity index (χ1v) is 9.22. The van der Waals surface area contributed by atoms with E-state index >= 15 is 0 Å². The summed E-state index contributed by atoms with van der Waals surface area (Å²) in [7, 11) is 0. The molecule has 5 heteroatoms. The maximum absolute atomic E-state index is 11.6. The number of aliphatic hydroxyl groups is 1. The van der Waals surface area contributed by atoms with Crippen molar-refractivity contribution in [3.63, 3.8) is 0 Å². The van der Waals surface area contributed by atoms with E-state index in [4.69, 9.17) is 9.47 Å². The molecule has 146 valence electrons. The third kappa shape index (κ3) is 6.74. The third-order valence-corrected chi connectivity index (χ3v) is 4.08. The maximum atomic E-state index is 11.6. The van der Waals surface area contributed by atoms with Crippen molar-refractivity contribution in [1.29, 1.82) is 0 Å². The molecule has 1 aliphatic heterocycles. The Labute approximate surface area is 161 Å². The number of nitrogens with one attached hydrogen (secondary N) is 1. The van der Waals surface area contributed by atoms with Gasteiger partial charge in [0.05, 0.1) is 0 Å². The van der Waals surface area contributed by atoms with Crippen molar-refractivity contribution >= 4 is 6.09 Å². The molecule has 0 radical (unpaired) electrons. The molecule has 0 saturated heterocycles. The largest absolute Gasteiger partial charge is 0.447 e. The molecular weight excluding hydrogens is 342 g/mol. The van der Waals surface area contributed by atoms with Crippen molar-refractivity contribution in [3.8, 4) is 11.8 Å². The molecule has 0 aliphatic carbocycles. The van der Waals surface area contributed by atoms with Crippen LogP contribution in [0.2, 0.25) is 0 Å². The second kappa shape index (κ2) is 9.07. The Kier molecular flexibility index (Phi) is 7.06. The van der Waals surface area contributed by atoms with Crippen LogP contribution in [0, 0.1) is 11.8 Å². The van der Waals surface area contributed by atoms with Crippen LogP contribution in [0.3, 0.4) is 0 Å². The first-order chi connectivity index (χ1) is 12.6. The van der Waals surface area contributed by atoms with Gasteiger partial charge in [0.15, 0.2) is 0 Å². The number of amides is 1. The summed E-state index contributed by atoms with van der Waals surface area (Å²) in [6, 6.07) is 8.13. The molecule has 2 rings (SSSR count). The topological polar surface area (TPSA) is 67.8 Å². The van der Waals surface area contributed by atoms with E-state index in [-0.39, 0.29) is 18.1 Å². The van der Waals surface area contributed by atoms with E-state index in [0.717, 1.165) is 5.56 Å². The standard InChI is InChI=1S/C22H29NO4/c1-15(2)23-21(25)26-14-20-19(24)13-12-18(27-20)11-8-16-6-9-17(10-7-16)22(3,4)5/h6-7,9-10,12-13,15,18-20,24H,14H2,1-5H3,(H,23,25)/t18-,19-,20-/m1/s1. The Morgan fingerprint density at radius 1 is 1.26 bits per heavy atom. The average molecular weight is 371 g/mol. The van der Waals surface area contributed by atoms with Gasteiger partial charge in [-0.2, -0.15) is 0 Å². The monoisotopic (exact) mass is 371 g/mol. The highest BCUT2D eigenvalue weighted by Crippen LogP contribution is 2.22. The van der Waals surface area contributed by atoms with Crippen molar-refractivity contribution in [2.45, 2.75) is 64.4 Å². The molecule has 0 aromatic heterocycles. The summed E-state index contributed by atoms with van der Waals surface area (Å²) in [5.41, 5.74) is 2.25. The van der Waals surface area contributed by atoms with Crippen molar-refractivity contribution in [1.82, 2.24) is 5.32 Å². The van der Waals surface area contributed by atoms with Crippen molar-refractivity contribution in [2.24, 2.45) is 0 Å². The minimum absolute atomic E-state index is 0.0159. The summed E-state index contributed by atoms with van der Waals surface area (Å²) >= 11 is 0. The highest BCUT2D eigenvalue weighted by atomic mass is 16.6. The molecule has 1 amide bonds. The lowest BCUT2D eigenvalue weighted by atomic mass is 9.87. The van der Waals surface area contributed by atoms with E-state index in [0.29, 0.717) is 0 Å². The number of alkyl carbamates (subject to hydrolysis) is 1. The van der Waals surface area contributed by atoms with Crippen LogP contribution in [0.5, 0.6) is 0 Å². The number of carbonyl (C=O) groups excluding carboxylic acids is 1. The summed E-state index contributed by atoms with van der Waals surface area (Å²) in [5.74, 6) is 6.13. The third-order valence-electron chi connectivity index (χ3n) is 4.08. The molecule has 1 aromatic carbocycles. The van der Waals surface area contributed by atoms with E-state index < -0.39 is 24.4 Å². The fraction of sp³-hybridized carbons (Fsp3) is 0.500. The zero-order valence-corrected chi connectivity index (χ0v) is 16.7. The van der Waals surface area contributed by atoms with Crippen LogP contribution in [-0.4, -0.2) is 42.2 Å².